The van der Waals surface area contributed by atoms with Crippen LogP contribution in [0.3, 0.4) is 0 Å². The molecule has 1 aromatic rings. The van der Waals surface area contributed by atoms with E-state index in [2.05, 4.69) is 5.32 Å². The van der Waals surface area contributed by atoms with Gasteiger partial charge >= 0.3 is 0 Å². The number of benzene rings is 1. The van der Waals surface area contributed by atoms with Gasteiger partial charge in [0, 0.05) is 6.04 Å². The van der Waals surface area contributed by atoms with Crippen LogP contribution in [0.1, 0.15) is 26.3 Å². The Balaban J connectivity index is 1.99. The van der Waals surface area contributed by atoms with Crippen molar-refractivity contribution < 1.29 is 18.1 Å². The van der Waals surface area contributed by atoms with Crippen LogP contribution in [0.15, 0.2) is 29.2 Å². The van der Waals surface area contributed by atoms with Crippen LogP contribution in [0.25, 0.3) is 0 Å². The molecule has 24 heavy (non-hydrogen) atoms. The molecule has 0 aliphatic carbocycles. The third kappa shape index (κ3) is 4.34. The second-order valence-corrected chi connectivity index (χ2v) is 8.70. The van der Waals surface area contributed by atoms with Gasteiger partial charge in [-0.15, -0.1) is 0 Å². The van der Waals surface area contributed by atoms with Crippen LogP contribution in [0, 0.1) is 6.92 Å². The van der Waals surface area contributed by atoms with E-state index >= 15 is 0 Å². The number of carbonyl (C=O) groups excluding carboxylic acids is 1. The fraction of sp³-hybridized carbons (Fsp3) is 0.588. The molecular weight excluding hydrogens is 326 g/mol. The minimum atomic E-state index is -3.45. The summed E-state index contributed by atoms with van der Waals surface area (Å²) in [7, 11) is -3.45. The molecule has 1 saturated heterocycles. The van der Waals surface area contributed by atoms with E-state index in [0.29, 0.717) is 31.1 Å². The third-order valence-electron chi connectivity index (χ3n) is 4.46. The summed E-state index contributed by atoms with van der Waals surface area (Å²) in [5.41, 5.74) is 1.04. The quantitative estimate of drug-likeness (QED) is 0.769. The first kappa shape index (κ1) is 18.9. The Bertz CT molecular complexity index is 663. The van der Waals surface area contributed by atoms with Gasteiger partial charge < -0.3 is 10.2 Å². The normalized spacial score (nSPS) is 18.5. The van der Waals surface area contributed by atoms with Crippen LogP contribution in [0.5, 0.6) is 0 Å². The predicted octanol–water partition coefficient (Wildman–Crippen LogP) is -0.203. The van der Waals surface area contributed by atoms with E-state index in [0.717, 1.165) is 10.5 Å². The van der Waals surface area contributed by atoms with E-state index in [-0.39, 0.29) is 18.0 Å². The summed E-state index contributed by atoms with van der Waals surface area (Å²) in [6.45, 7) is 9.85. The van der Waals surface area contributed by atoms with Crippen molar-refractivity contribution in [3.63, 3.8) is 0 Å². The van der Waals surface area contributed by atoms with Crippen molar-refractivity contribution >= 4 is 15.9 Å². The Labute approximate surface area is 144 Å². The number of quaternary nitrogens is 1. The van der Waals surface area contributed by atoms with Crippen LogP contribution in [0.2, 0.25) is 0 Å². The number of sulfonamides is 1. The van der Waals surface area contributed by atoms with Gasteiger partial charge in [-0.05, 0) is 39.8 Å². The third-order valence-corrected chi connectivity index (χ3v) is 6.37. The Kier molecular flexibility index (Phi) is 6.01. The van der Waals surface area contributed by atoms with Gasteiger partial charge in [-0.3, -0.25) is 4.79 Å². The number of nitrogens with one attached hydrogen (secondary N) is 2. The molecule has 1 amide bonds. The highest BCUT2D eigenvalue weighted by molar-refractivity contribution is 7.89. The zero-order valence-electron chi connectivity index (χ0n) is 14.9. The van der Waals surface area contributed by atoms with E-state index < -0.39 is 10.0 Å². The van der Waals surface area contributed by atoms with Gasteiger partial charge in [0.15, 0.2) is 6.04 Å². The van der Waals surface area contributed by atoms with E-state index in [9.17, 15) is 13.2 Å². The lowest BCUT2D eigenvalue weighted by Gasteiger charge is -2.34. The summed E-state index contributed by atoms with van der Waals surface area (Å²) in [5.74, 6) is 0.0230. The summed E-state index contributed by atoms with van der Waals surface area (Å²) >= 11 is 0. The van der Waals surface area contributed by atoms with Crippen molar-refractivity contribution in [2.24, 2.45) is 0 Å². The molecule has 0 saturated carbocycles. The van der Waals surface area contributed by atoms with Gasteiger partial charge in [-0.25, -0.2) is 8.42 Å². The summed E-state index contributed by atoms with van der Waals surface area (Å²) in [6.07, 6.45) is 0. The lowest BCUT2D eigenvalue weighted by atomic mass is 10.2. The number of nitrogens with zero attached hydrogens (tertiary/aromatic N) is 1. The molecule has 0 bridgehead atoms. The minimum Gasteiger partial charge on any atom is -0.349 e. The molecule has 6 nitrogen and oxygen atoms in total. The smallest absolute Gasteiger partial charge is 0.278 e. The number of hydrogen-bond acceptors (Lipinski definition) is 3. The van der Waals surface area contributed by atoms with Crippen molar-refractivity contribution in [3.8, 4) is 0 Å². The van der Waals surface area contributed by atoms with Crippen molar-refractivity contribution in [1.29, 1.82) is 0 Å². The van der Waals surface area contributed by atoms with Crippen LogP contribution in [-0.2, 0) is 14.8 Å². The summed E-state index contributed by atoms with van der Waals surface area (Å²) in [4.78, 5) is 13.6. The zero-order valence-corrected chi connectivity index (χ0v) is 15.7. The first-order valence-corrected chi connectivity index (χ1v) is 9.87. The molecule has 1 aliphatic heterocycles. The molecule has 2 rings (SSSR count). The molecule has 1 fully saturated rings. The van der Waals surface area contributed by atoms with E-state index in [1.807, 2.05) is 39.8 Å². The Hall–Kier alpha value is -1.44. The summed E-state index contributed by atoms with van der Waals surface area (Å²) in [6, 6.07) is 6.88. The van der Waals surface area contributed by atoms with Crippen LogP contribution >= 0.6 is 0 Å². The van der Waals surface area contributed by atoms with Gasteiger partial charge in [0.2, 0.25) is 10.0 Å². The average molecular weight is 354 g/mol. The second-order valence-electron chi connectivity index (χ2n) is 6.76. The fourth-order valence-electron chi connectivity index (χ4n) is 2.90. The molecule has 7 heteroatoms. The monoisotopic (exact) mass is 354 g/mol. The molecule has 0 radical (unpaired) electrons. The van der Waals surface area contributed by atoms with Crippen molar-refractivity contribution in [1.82, 2.24) is 9.62 Å². The van der Waals surface area contributed by atoms with Gasteiger partial charge in [0.05, 0.1) is 31.1 Å². The predicted molar refractivity (Wildman–Crippen MR) is 93.4 cm³/mol. The summed E-state index contributed by atoms with van der Waals surface area (Å²) < 4.78 is 26.9. The van der Waals surface area contributed by atoms with Gasteiger partial charge in [0.25, 0.3) is 5.91 Å². The van der Waals surface area contributed by atoms with Crippen LogP contribution in [0.4, 0.5) is 0 Å². The number of rotatable bonds is 5. The van der Waals surface area contributed by atoms with Crippen molar-refractivity contribution in [2.45, 2.75) is 44.7 Å². The van der Waals surface area contributed by atoms with Crippen molar-refractivity contribution in [2.75, 3.05) is 26.2 Å². The maximum absolute atomic E-state index is 12.7. The highest BCUT2D eigenvalue weighted by atomic mass is 32.2. The SMILES string of the molecule is Cc1ccc(S(=O)(=O)N2CC[NH+]([C@H](C)C(=O)NC(C)C)CC2)cc1. The number of aryl methyl sites for hydroxylation is 1. The molecule has 1 atom stereocenters. The summed E-state index contributed by atoms with van der Waals surface area (Å²) in [5, 5.41) is 2.92. The lowest BCUT2D eigenvalue weighted by Crippen LogP contribution is -3.19. The molecule has 0 spiro atoms. The fourth-order valence-corrected chi connectivity index (χ4v) is 4.34. The molecule has 0 unspecified atom stereocenters. The highest BCUT2D eigenvalue weighted by Crippen LogP contribution is 2.16. The first-order chi connectivity index (χ1) is 11.2. The Morgan fingerprint density at radius 1 is 1.12 bits per heavy atom. The highest BCUT2D eigenvalue weighted by Gasteiger charge is 2.34. The number of hydrogen-bond donors (Lipinski definition) is 2. The second kappa shape index (κ2) is 7.63. The minimum absolute atomic E-state index is 0.0230. The average Bonchev–Trinajstić information content (AvgIpc) is 2.54. The maximum atomic E-state index is 12.7. The van der Waals surface area contributed by atoms with E-state index in [4.69, 9.17) is 0 Å². The zero-order chi connectivity index (χ0) is 17.9. The van der Waals surface area contributed by atoms with E-state index in [1.54, 1.807) is 12.1 Å². The molecule has 134 valence electrons. The van der Waals surface area contributed by atoms with Gasteiger partial charge in [0.1, 0.15) is 0 Å². The van der Waals surface area contributed by atoms with Crippen molar-refractivity contribution in [3.05, 3.63) is 29.8 Å². The molecular formula is C17H28N3O3S+. The Morgan fingerprint density at radius 3 is 2.17 bits per heavy atom. The van der Waals surface area contributed by atoms with Gasteiger partial charge in [-0.2, -0.15) is 4.31 Å². The molecule has 0 aromatic heterocycles. The molecule has 1 aromatic carbocycles. The number of amides is 1. The number of carbonyl (C=O) groups is 1. The van der Waals surface area contributed by atoms with E-state index in [1.165, 1.54) is 4.31 Å². The van der Waals surface area contributed by atoms with Gasteiger partial charge in [-0.1, -0.05) is 17.7 Å². The molecule has 1 heterocycles. The largest absolute Gasteiger partial charge is 0.349 e. The Morgan fingerprint density at radius 2 is 1.67 bits per heavy atom. The number of piperazine rings is 1. The molecule has 2 N–H and O–H groups in total. The first-order valence-electron chi connectivity index (χ1n) is 8.43. The topological polar surface area (TPSA) is 70.9 Å². The van der Waals surface area contributed by atoms with Crippen LogP contribution in [-0.4, -0.2) is 56.9 Å². The standard InChI is InChI=1S/C17H27N3O3S/c1-13(2)18-17(21)15(4)19-9-11-20(12-10-19)24(22,23)16-7-5-14(3)6-8-16/h5-8,13,15H,9-12H2,1-4H3,(H,18,21)/p+1/t15-/m1/s1. The maximum Gasteiger partial charge on any atom is 0.278 e. The molecule has 1 aliphatic rings. The lowest BCUT2D eigenvalue weighted by molar-refractivity contribution is -0.917. The van der Waals surface area contributed by atoms with Crippen LogP contribution < -0.4 is 10.2 Å².